The molecule has 0 radical (unpaired) electrons. The summed E-state index contributed by atoms with van der Waals surface area (Å²) in [5.41, 5.74) is 2.49. The van der Waals surface area contributed by atoms with Crippen LogP contribution < -0.4 is 4.72 Å². The molecule has 0 fully saturated rings. The van der Waals surface area contributed by atoms with Crippen molar-refractivity contribution in [1.29, 1.82) is 0 Å². The van der Waals surface area contributed by atoms with E-state index in [1.54, 1.807) is 49.0 Å². The number of aliphatic hydroxyl groups is 1. The van der Waals surface area contributed by atoms with Gasteiger partial charge in [0.15, 0.2) is 6.10 Å². The van der Waals surface area contributed by atoms with E-state index in [2.05, 4.69) is 24.9 Å². The van der Waals surface area contributed by atoms with E-state index in [1.165, 1.54) is 25.5 Å². The summed E-state index contributed by atoms with van der Waals surface area (Å²) in [6, 6.07) is 15.2. The minimum Gasteiger partial charge on any atom is -0.469 e. The number of benzene rings is 2. The molecule has 12 heteroatoms. The van der Waals surface area contributed by atoms with Gasteiger partial charge in [0.2, 0.25) is 10.0 Å². The van der Waals surface area contributed by atoms with Crippen molar-refractivity contribution < 1.29 is 27.9 Å². The second-order valence-electron chi connectivity index (χ2n) is 9.68. The van der Waals surface area contributed by atoms with Gasteiger partial charge in [0, 0.05) is 0 Å². The summed E-state index contributed by atoms with van der Waals surface area (Å²) in [4.78, 5) is 17.2. The van der Waals surface area contributed by atoms with Gasteiger partial charge in [-0.15, -0.1) is 5.10 Å². The number of sulfonamides is 1. The third-order valence-electron chi connectivity index (χ3n) is 6.42. The summed E-state index contributed by atoms with van der Waals surface area (Å²) in [5.74, 6) is -0.789. The van der Waals surface area contributed by atoms with Gasteiger partial charge in [0.25, 0.3) is 0 Å². The minimum absolute atomic E-state index is 0.0533. The molecule has 0 saturated carbocycles. The summed E-state index contributed by atoms with van der Waals surface area (Å²) in [5, 5.41) is 22.3. The summed E-state index contributed by atoms with van der Waals surface area (Å²) >= 11 is 0. The third-order valence-corrected chi connectivity index (χ3v) is 7.90. The molecule has 41 heavy (non-hydrogen) atoms. The number of carbonyl (C=O) groups excluding carboxylic acids is 1. The maximum absolute atomic E-state index is 13.1. The first-order valence-electron chi connectivity index (χ1n) is 13.2. The van der Waals surface area contributed by atoms with Gasteiger partial charge in [-0.2, -0.15) is 0 Å². The molecule has 4 atom stereocenters. The van der Waals surface area contributed by atoms with Crippen LogP contribution in [0.5, 0.6) is 0 Å². The fraction of sp³-hybridized carbons (Fsp3) is 0.379. The molecule has 1 heterocycles. The Morgan fingerprint density at radius 3 is 2.51 bits per heavy atom. The van der Waals surface area contributed by atoms with Crippen molar-refractivity contribution in [3.8, 4) is 0 Å². The van der Waals surface area contributed by atoms with Crippen LogP contribution in [0, 0.1) is 12.8 Å². The molecule has 0 saturated heterocycles. The van der Waals surface area contributed by atoms with Gasteiger partial charge < -0.3 is 14.7 Å². The summed E-state index contributed by atoms with van der Waals surface area (Å²) in [6.45, 7) is 5.29. The van der Waals surface area contributed by atoms with E-state index in [0.29, 0.717) is 12.1 Å². The van der Waals surface area contributed by atoms with Crippen molar-refractivity contribution in [3.05, 3.63) is 89.8 Å². The lowest BCUT2D eigenvalue weighted by molar-refractivity contribution is -0.139. The van der Waals surface area contributed by atoms with Crippen LogP contribution in [-0.2, 0) is 30.8 Å². The number of oxime groups is 1. The van der Waals surface area contributed by atoms with Crippen LogP contribution in [0.15, 0.2) is 83.0 Å². The predicted octanol–water partition coefficient (Wildman–Crippen LogP) is 3.53. The lowest BCUT2D eigenvalue weighted by Gasteiger charge is -2.19. The van der Waals surface area contributed by atoms with E-state index in [9.17, 15) is 18.3 Å². The molecule has 0 aliphatic heterocycles. The molecule has 0 bridgehead atoms. The van der Waals surface area contributed by atoms with Gasteiger partial charge in [0.05, 0.1) is 49.5 Å². The number of hydrogen-bond donors (Lipinski definition) is 2. The Kier molecular flexibility index (Phi) is 11.7. The number of aromatic nitrogens is 3. The number of hydrogen-bond acceptors (Lipinski definition) is 9. The maximum atomic E-state index is 13.1. The second-order valence-corrected chi connectivity index (χ2v) is 11.4. The monoisotopic (exact) mass is 583 g/mol. The molecular weight excluding hydrogens is 546 g/mol. The molecule has 0 amide bonds. The lowest BCUT2D eigenvalue weighted by Crippen LogP contribution is -2.40. The quantitative estimate of drug-likeness (QED) is 0.120. The van der Waals surface area contributed by atoms with E-state index in [0.717, 1.165) is 11.1 Å². The van der Waals surface area contributed by atoms with Crippen LogP contribution in [0.25, 0.3) is 0 Å². The lowest BCUT2D eigenvalue weighted by atomic mass is 10.0. The summed E-state index contributed by atoms with van der Waals surface area (Å²) < 4.78 is 35.1. The van der Waals surface area contributed by atoms with Gasteiger partial charge in [0.1, 0.15) is 5.69 Å². The van der Waals surface area contributed by atoms with Crippen molar-refractivity contribution in [2.45, 2.75) is 56.7 Å². The Bertz CT molecular complexity index is 1410. The average Bonchev–Trinajstić information content (AvgIpc) is 3.46. The number of rotatable bonds is 15. The Balaban J connectivity index is 1.71. The first kappa shape index (κ1) is 31.7. The topological polar surface area (TPSA) is 145 Å². The van der Waals surface area contributed by atoms with Gasteiger partial charge in [-0.1, -0.05) is 77.5 Å². The standard InChI is InChI=1S/C29H37N5O6S/c1-21-13-15-26(16-14-21)41(37,38)32-27(22(2)9-8-12-29(36)39-4)18-30-40-23(3)28-19-34(33-31-28)25(20-35)17-24-10-6-5-7-11-24/h5-11,13-16,18-19,22-23,25,27,32,35H,12,17,20H2,1-4H3/b9-8-,30-18-/t22-,23+,25+,27-/m1/s1. The highest BCUT2D eigenvalue weighted by Crippen LogP contribution is 2.19. The van der Waals surface area contributed by atoms with Crippen molar-refractivity contribution in [3.63, 3.8) is 0 Å². The highest BCUT2D eigenvalue weighted by atomic mass is 32.2. The zero-order chi connectivity index (χ0) is 29.8. The van der Waals surface area contributed by atoms with E-state index in [-0.39, 0.29) is 29.9 Å². The van der Waals surface area contributed by atoms with Crippen LogP contribution in [0.4, 0.5) is 0 Å². The van der Waals surface area contributed by atoms with Crippen LogP contribution in [-0.4, -0.2) is 60.5 Å². The molecule has 0 aliphatic rings. The van der Waals surface area contributed by atoms with E-state index < -0.39 is 28.1 Å². The van der Waals surface area contributed by atoms with Crippen LogP contribution in [0.1, 0.15) is 49.2 Å². The van der Waals surface area contributed by atoms with E-state index in [4.69, 9.17) is 4.84 Å². The molecule has 220 valence electrons. The molecule has 0 aliphatic carbocycles. The number of aryl methyl sites for hydroxylation is 1. The molecule has 0 unspecified atom stereocenters. The minimum atomic E-state index is -3.88. The number of carbonyl (C=O) groups is 1. The number of nitrogens with one attached hydrogen (secondary N) is 1. The fourth-order valence-electron chi connectivity index (χ4n) is 3.85. The summed E-state index contributed by atoms with van der Waals surface area (Å²) in [6.07, 6.45) is 6.42. The Hall–Kier alpha value is -3.87. The smallest absolute Gasteiger partial charge is 0.309 e. The Morgan fingerprint density at radius 2 is 1.85 bits per heavy atom. The van der Waals surface area contributed by atoms with Crippen molar-refractivity contribution in [1.82, 2.24) is 19.7 Å². The number of nitrogens with zero attached hydrogens (tertiary/aromatic N) is 4. The highest BCUT2D eigenvalue weighted by Gasteiger charge is 2.23. The van der Waals surface area contributed by atoms with Gasteiger partial charge in [-0.25, -0.2) is 17.8 Å². The number of ether oxygens (including phenoxy) is 1. The Labute approximate surface area is 240 Å². The molecule has 2 aromatic carbocycles. The molecular formula is C29H37N5O6S. The molecule has 3 rings (SSSR count). The predicted molar refractivity (Wildman–Crippen MR) is 155 cm³/mol. The van der Waals surface area contributed by atoms with Crippen molar-refractivity contribution in [2.75, 3.05) is 13.7 Å². The Morgan fingerprint density at radius 1 is 1.15 bits per heavy atom. The van der Waals surface area contributed by atoms with Crippen LogP contribution >= 0.6 is 0 Å². The number of aliphatic hydroxyl groups excluding tert-OH is 1. The second kappa shape index (κ2) is 15.2. The molecule has 1 aromatic heterocycles. The van der Waals surface area contributed by atoms with Gasteiger partial charge in [-0.05, 0) is 43.9 Å². The van der Waals surface area contributed by atoms with E-state index >= 15 is 0 Å². The molecule has 0 spiro atoms. The molecule has 3 aromatic rings. The summed E-state index contributed by atoms with van der Waals surface area (Å²) in [7, 11) is -2.58. The zero-order valence-electron chi connectivity index (χ0n) is 23.6. The highest BCUT2D eigenvalue weighted by molar-refractivity contribution is 7.89. The largest absolute Gasteiger partial charge is 0.469 e. The van der Waals surface area contributed by atoms with Gasteiger partial charge >= 0.3 is 5.97 Å². The fourth-order valence-corrected chi connectivity index (χ4v) is 5.11. The number of esters is 1. The van der Waals surface area contributed by atoms with Gasteiger partial charge in [-0.3, -0.25) is 4.79 Å². The molecule has 11 nitrogen and oxygen atoms in total. The van der Waals surface area contributed by atoms with Crippen molar-refractivity contribution >= 4 is 22.2 Å². The third kappa shape index (κ3) is 9.62. The van der Waals surface area contributed by atoms with E-state index in [1.807, 2.05) is 37.3 Å². The average molecular weight is 584 g/mol. The first-order valence-corrected chi connectivity index (χ1v) is 14.7. The van der Waals surface area contributed by atoms with Crippen molar-refractivity contribution in [2.24, 2.45) is 11.1 Å². The zero-order valence-corrected chi connectivity index (χ0v) is 24.4. The normalized spacial score (nSPS) is 15.0. The first-order chi connectivity index (χ1) is 19.6. The molecule has 2 N–H and O–H groups in total. The maximum Gasteiger partial charge on any atom is 0.309 e. The van der Waals surface area contributed by atoms with Crippen LogP contribution in [0.3, 0.4) is 0 Å². The SMILES string of the molecule is COC(=O)C/C=C\[C@@H](C)[C@@H](/C=N\O[C@@H](C)c1cn([C@H](CO)Cc2ccccc2)nn1)NS(=O)(=O)c1ccc(C)cc1. The van der Waals surface area contributed by atoms with Crippen LogP contribution in [0.2, 0.25) is 0 Å². The number of methoxy groups -OCH3 is 1.